The highest BCUT2D eigenvalue weighted by atomic mass is 16.2. The Hall–Kier alpha value is -2.95. The highest BCUT2D eigenvalue weighted by Gasteiger charge is 2.15. The summed E-state index contributed by atoms with van der Waals surface area (Å²) in [5, 5.41) is 4.07. The lowest BCUT2D eigenvalue weighted by Gasteiger charge is -2.14. The van der Waals surface area contributed by atoms with E-state index in [9.17, 15) is 9.59 Å². The Labute approximate surface area is 140 Å². The fourth-order valence-corrected chi connectivity index (χ4v) is 2.69. The second kappa shape index (κ2) is 6.66. The summed E-state index contributed by atoms with van der Waals surface area (Å²) in [6.45, 7) is 4.65. The number of fused-ring (bicyclic) bond motifs is 1. The zero-order valence-electron chi connectivity index (χ0n) is 13.7. The number of aromatic nitrogens is 2. The van der Waals surface area contributed by atoms with E-state index in [4.69, 9.17) is 0 Å². The van der Waals surface area contributed by atoms with Crippen LogP contribution in [-0.2, 0) is 6.54 Å². The first-order valence-corrected chi connectivity index (χ1v) is 7.90. The van der Waals surface area contributed by atoms with Crippen LogP contribution < -0.4 is 10.9 Å². The lowest BCUT2D eigenvalue weighted by atomic mass is 10.1. The lowest BCUT2D eigenvalue weighted by Crippen LogP contribution is -2.25. The number of nitrogens with one attached hydrogen (secondary N) is 1. The number of anilines is 1. The van der Waals surface area contributed by atoms with Gasteiger partial charge in [0.15, 0.2) is 0 Å². The van der Waals surface area contributed by atoms with Gasteiger partial charge in [0, 0.05) is 41.6 Å². The van der Waals surface area contributed by atoms with Gasteiger partial charge < -0.3 is 9.88 Å². The molecule has 0 spiro atoms. The Balaban J connectivity index is 2.10. The van der Waals surface area contributed by atoms with Crippen LogP contribution in [0, 0.1) is 5.92 Å². The molecule has 0 saturated carbocycles. The molecule has 122 valence electrons. The van der Waals surface area contributed by atoms with Gasteiger partial charge >= 0.3 is 0 Å². The number of benzene rings is 1. The Morgan fingerprint density at radius 1 is 1.12 bits per heavy atom. The van der Waals surface area contributed by atoms with E-state index in [1.165, 1.54) is 0 Å². The number of nitrogens with zero attached hydrogens (tertiary/aromatic N) is 2. The maximum absolute atomic E-state index is 12.7. The van der Waals surface area contributed by atoms with Crippen molar-refractivity contribution in [1.29, 1.82) is 0 Å². The molecule has 0 unspecified atom stereocenters. The van der Waals surface area contributed by atoms with E-state index in [2.05, 4.69) is 10.3 Å². The van der Waals surface area contributed by atoms with Crippen molar-refractivity contribution in [3.63, 3.8) is 0 Å². The van der Waals surface area contributed by atoms with Gasteiger partial charge in [0.05, 0.1) is 5.56 Å². The first kappa shape index (κ1) is 15.9. The Morgan fingerprint density at radius 3 is 2.46 bits per heavy atom. The zero-order chi connectivity index (χ0) is 17.1. The molecule has 0 atom stereocenters. The molecule has 0 radical (unpaired) electrons. The molecule has 3 rings (SSSR count). The van der Waals surface area contributed by atoms with Crippen LogP contribution in [0.5, 0.6) is 0 Å². The molecule has 0 saturated heterocycles. The monoisotopic (exact) mass is 321 g/mol. The summed E-state index contributed by atoms with van der Waals surface area (Å²) in [6, 6.07) is 10.7. The molecule has 2 heterocycles. The lowest BCUT2D eigenvalue weighted by molar-refractivity contribution is 0.102. The summed E-state index contributed by atoms with van der Waals surface area (Å²) in [6.07, 6.45) is 4.89. The highest BCUT2D eigenvalue weighted by Crippen LogP contribution is 2.18. The SMILES string of the molecule is CC(C)Cn1cc(C(=O)Nc2ccncc2)c2ccccc2c1=O. The number of pyridine rings is 2. The van der Waals surface area contributed by atoms with E-state index in [1.54, 1.807) is 47.4 Å². The number of amides is 1. The third kappa shape index (κ3) is 3.20. The van der Waals surface area contributed by atoms with Crippen LogP contribution in [0.4, 0.5) is 5.69 Å². The summed E-state index contributed by atoms with van der Waals surface area (Å²) in [5.74, 6) is 0.0647. The van der Waals surface area contributed by atoms with Crippen LogP contribution in [0.15, 0.2) is 59.8 Å². The van der Waals surface area contributed by atoms with Crippen LogP contribution in [0.3, 0.4) is 0 Å². The number of carbonyl (C=O) groups is 1. The summed E-state index contributed by atoms with van der Waals surface area (Å²) >= 11 is 0. The molecule has 24 heavy (non-hydrogen) atoms. The topological polar surface area (TPSA) is 64.0 Å². The van der Waals surface area contributed by atoms with Gasteiger partial charge in [-0.15, -0.1) is 0 Å². The molecular formula is C19H19N3O2. The van der Waals surface area contributed by atoms with E-state index in [0.29, 0.717) is 34.5 Å². The first-order chi connectivity index (χ1) is 11.6. The Morgan fingerprint density at radius 2 is 1.79 bits per heavy atom. The average Bonchev–Trinajstić information content (AvgIpc) is 2.58. The molecule has 1 amide bonds. The van der Waals surface area contributed by atoms with E-state index in [0.717, 1.165) is 0 Å². The number of hydrogen-bond acceptors (Lipinski definition) is 3. The Kier molecular flexibility index (Phi) is 4.42. The second-order valence-corrected chi connectivity index (χ2v) is 6.13. The number of rotatable bonds is 4. The van der Waals surface area contributed by atoms with Crippen molar-refractivity contribution in [2.24, 2.45) is 5.92 Å². The summed E-state index contributed by atoms with van der Waals surface area (Å²) in [5.41, 5.74) is 1.09. The predicted octanol–water partition coefficient (Wildman–Crippen LogP) is 3.30. The Bertz CT molecular complexity index is 930. The van der Waals surface area contributed by atoms with Gasteiger partial charge in [-0.25, -0.2) is 0 Å². The van der Waals surface area contributed by atoms with Gasteiger partial charge in [-0.1, -0.05) is 32.0 Å². The fraction of sp³-hybridized carbons (Fsp3) is 0.211. The van der Waals surface area contributed by atoms with Crippen molar-refractivity contribution >= 4 is 22.4 Å². The fourth-order valence-electron chi connectivity index (χ4n) is 2.69. The molecule has 1 aromatic carbocycles. The zero-order valence-corrected chi connectivity index (χ0v) is 13.7. The maximum atomic E-state index is 12.7. The minimum absolute atomic E-state index is 0.0697. The molecule has 5 nitrogen and oxygen atoms in total. The van der Waals surface area contributed by atoms with Crippen molar-refractivity contribution < 1.29 is 4.79 Å². The van der Waals surface area contributed by atoms with E-state index in [1.807, 2.05) is 26.0 Å². The average molecular weight is 321 g/mol. The first-order valence-electron chi connectivity index (χ1n) is 7.90. The molecule has 0 aliphatic heterocycles. The molecular weight excluding hydrogens is 302 g/mol. The van der Waals surface area contributed by atoms with Gasteiger partial charge in [0.1, 0.15) is 0 Å². The summed E-state index contributed by atoms with van der Waals surface area (Å²) in [4.78, 5) is 29.3. The largest absolute Gasteiger partial charge is 0.322 e. The predicted molar refractivity (Wildman–Crippen MR) is 95.2 cm³/mol. The highest BCUT2D eigenvalue weighted by molar-refractivity contribution is 6.12. The quantitative estimate of drug-likeness (QED) is 0.802. The molecule has 5 heteroatoms. The van der Waals surface area contributed by atoms with E-state index in [-0.39, 0.29) is 11.5 Å². The molecule has 0 aliphatic rings. The molecule has 2 aromatic heterocycles. The standard InChI is InChI=1S/C19H19N3O2/c1-13(2)11-22-12-17(15-5-3-4-6-16(15)19(22)24)18(23)21-14-7-9-20-10-8-14/h3-10,12-13H,11H2,1-2H3,(H,20,21,23). The van der Waals surface area contributed by atoms with Crippen molar-refractivity contribution in [3.05, 3.63) is 70.9 Å². The van der Waals surface area contributed by atoms with E-state index >= 15 is 0 Å². The van der Waals surface area contributed by atoms with E-state index < -0.39 is 0 Å². The van der Waals surface area contributed by atoms with Crippen molar-refractivity contribution in [3.8, 4) is 0 Å². The van der Waals surface area contributed by atoms with Gasteiger partial charge in [0.25, 0.3) is 11.5 Å². The van der Waals surface area contributed by atoms with Crippen LogP contribution >= 0.6 is 0 Å². The van der Waals surface area contributed by atoms with Crippen molar-refractivity contribution in [2.45, 2.75) is 20.4 Å². The van der Waals surface area contributed by atoms with Gasteiger partial charge in [-0.2, -0.15) is 0 Å². The smallest absolute Gasteiger partial charge is 0.258 e. The van der Waals surface area contributed by atoms with Crippen molar-refractivity contribution in [2.75, 3.05) is 5.32 Å². The number of hydrogen-bond donors (Lipinski definition) is 1. The van der Waals surface area contributed by atoms with Crippen LogP contribution in [0.1, 0.15) is 24.2 Å². The summed E-state index contributed by atoms with van der Waals surface area (Å²) < 4.78 is 1.62. The van der Waals surface area contributed by atoms with Crippen molar-refractivity contribution in [1.82, 2.24) is 9.55 Å². The minimum Gasteiger partial charge on any atom is -0.322 e. The number of carbonyl (C=O) groups excluding carboxylic acids is 1. The molecule has 0 fully saturated rings. The molecule has 0 bridgehead atoms. The van der Waals surface area contributed by atoms with Crippen LogP contribution in [0.25, 0.3) is 10.8 Å². The normalized spacial score (nSPS) is 11.0. The van der Waals surface area contributed by atoms with Crippen LogP contribution in [-0.4, -0.2) is 15.5 Å². The second-order valence-electron chi connectivity index (χ2n) is 6.13. The van der Waals surface area contributed by atoms with Gasteiger partial charge in [0.2, 0.25) is 0 Å². The van der Waals surface area contributed by atoms with Gasteiger partial charge in [-0.3, -0.25) is 14.6 Å². The third-order valence-corrected chi connectivity index (χ3v) is 3.74. The summed E-state index contributed by atoms with van der Waals surface area (Å²) in [7, 11) is 0. The minimum atomic E-state index is -0.241. The third-order valence-electron chi connectivity index (χ3n) is 3.74. The van der Waals surface area contributed by atoms with Crippen LogP contribution in [0.2, 0.25) is 0 Å². The molecule has 0 aliphatic carbocycles. The molecule has 3 aromatic rings. The maximum Gasteiger partial charge on any atom is 0.258 e. The molecule has 1 N–H and O–H groups in total. The van der Waals surface area contributed by atoms with Gasteiger partial charge in [-0.05, 0) is 24.1 Å².